The highest BCUT2D eigenvalue weighted by molar-refractivity contribution is 5.86. The molecule has 0 radical (unpaired) electrons. The summed E-state index contributed by atoms with van der Waals surface area (Å²) in [6, 6.07) is 8.29. The Bertz CT molecular complexity index is 818. The largest absolute Gasteiger partial charge is 0.342 e. The Hall–Kier alpha value is -1.98. The molecule has 3 fully saturated rings. The zero-order chi connectivity index (χ0) is 20.2. The van der Waals surface area contributed by atoms with Gasteiger partial charge in [0, 0.05) is 50.4 Å². The molecule has 156 valence electrons. The van der Waals surface area contributed by atoms with Gasteiger partial charge in [0.15, 0.2) is 0 Å². The number of carbonyl (C=O) groups is 2. The molecule has 2 aliphatic heterocycles. The van der Waals surface area contributed by atoms with E-state index in [9.17, 15) is 18.4 Å². The molecule has 4 nitrogen and oxygen atoms in total. The molecule has 2 heterocycles. The van der Waals surface area contributed by atoms with Crippen molar-refractivity contribution in [1.29, 1.82) is 0 Å². The first kappa shape index (κ1) is 19.0. The van der Waals surface area contributed by atoms with Crippen LogP contribution in [-0.2, 0) is 15.0 Å². The van der Waals surface area contributed by atoms with Crippen LogP contribution in [0.25, 0.3) is 0 Å². The van der Waals surface area contributed by atoms with Gasteiger partial charge in [-0.2, -0.15) is 0 Å². The average Bonchev–Trinajstić information content (AvgIpc) is 3.34. The third kappa shape index (κ3) is 3.15. The molecule has 5 rings (SSSR count). The van der Waals surface area contributed by atoms with E-state index in [1.54, 1.807) is 4.90 Å². The van der Waals surface area contributed by atoms with Crippen molar-refractivity contribution in [3.63, 3.8) is 0 Å². The van der Waals surface area contributed by atoms with Gasteiger partial charge < -0.3 is 9.80 Å². The number of halogens is 2. The van der Waals surface area contributed by atoms with E-state index in [-0.39, 0.29) is 36.0 Å². The van der Waals surface area contributed by atoms with E-state index in [4.69, 9.17) is 0 Å². The Labute approximate surface area is 170 Å². The zero-order valence-corrected chi connectivity index (χ0v) is 16.7. The van der Waals surface area contributed by atoms with Crippen LogP contribution in [0.15, 0.2) is 24.3 Å². The van der Waals surface area contributed by atoms with E-state index in [0.717, 1.165) is 50.8 Å². The lowest BCUT2D eigenvalue weighted by molar-refractivity contribution is -0.161. The lowest BCUT2D eigenvalue weighted by atomic mass is 9.72. The van der Waals surface area contributed by atoms with Gasteiger partial charge in [-0.1, -0.05) is 24.3 Å². The number of hydrogen-bond acceptors (Lipinski definition) is 2. The Morgan fingerprint density at radius 2 is 1.48 bits per heavy atom. The van der Waals surface area contributed by atoms with Crippen molar-refractivity contribution in [3.8, 4) is 0 Å². The summed E-state index contributed by atoms with van der Waals surface area (Å²) in [6.07, 6.45) is 3.99. The van der Waals surface area contributed by atoms with Crippen LogP contribution in [0.1, 0.15) is 62.0 Å². The molecule has 0 bridgehead atoms. The molecule has 1 aromatic carbocycles. The van der Waals surface area contributed by atoms with Crippen LogP contribution in [-0.4, -0.2) is 53.7 Å². The molecular formula is C23H28F2N2O2. The lowest BCUT2D eigenvalue weighted by Gasteiger charge is -2.43. The lowest BCUT2D eigenvalue weighted by Crippen LogP contribution is -2.51. The molecule has 2 aliphatic carbocycles. The van der Waals surface area contributed by atoms with Gasteiger partial charge in [0.2, 0.25) is 17.7 Å². The third-order valence-corrected chi connectivity index (χ3v) is 7.69. The molecule has 0 N–H and O–H groups in total. The summed E-state index contributed by atoms with van der Waals surface area (Å²) in [5, 5.41) is 0. The van der Waals surface area contributed by atoms with E-state index in [1.807, 2.05) is 17.0 Å². The number of hydrogen-bond donors (Lipinski definition) is 0. The van der Waals surface area contributed by atoms with Crippen LogP contribution in [0.4, 0.5) is 8.78 Å². The van der Waals surface area contributed by atoms with E-state index in [2.05, 4.69) is 12.1 Å². The van der Waals surface area contributed by atoms with Gasteiger partial charge >= 0.3 is 0 Å². The van der Waals surface area contributed by atoms with E-state index < -0.39 is 11.8 Å². The van der Waals surface area contributed by atoms with Crippen molar-refractivity contribution in [2.24, 2.45) is 5.92 Å². The summed E-state index contributed by atoms with van der Waals surface area (Å²) in [5.41, 5.74) is 2.35. The molecule has 6 heteroatoms. The quantitative estimate of drug-likeness (QED) is 0.757. The van der Waals surface area contributed by atoms with E-state index in [1.165, 1.54) is 5.56 Å². The number of rotatable bonds is 2. The van der Waals surface area contributed by atoms with Crippen LogP contribution in [0.2, 0.25) is 0 Å². The van der Waals surface area contributed by atoms with Crippen molar-refractivity contribution in [1.82, 2.24) is 9.80 Å². The van der Waals surface area contributed by atoms with Crippen molar-refractivity contribution in [2.45, 2.75) is 62.2 Å². The SMILES string of the molecule is O=C(C1CC(F)(F)C1)N1CCC2(CC1)CC(C(=O)N1CCCC1)c1ccccc12. The number of piperidine rings is 1. The minimum absolute atomic E-state index is 0.0724. The molecule has 2 saturated heterocycles. The molecule has 2 amide bonds. The Morgan fingerprint density at radius 3 is 2.14 bits per heavy atom. The summed E-state index contributed by atoms with van der Waals surface area (Å²) < 4.78 is 26.3. The predicted molar refractivity (Wildman–Crippen MR) is 105 cm³/mol. The smallest absolute Gasteiger partial charge is 0.249 e. The molecule has 1 aromatic rings. The number of likely N-dealkylation sites (tertiary alicyclic amines) is 2. The first-order chi connectivity index (χ1) is 13.9. The van der Waals surface area contributed by atoms with Gasteiger partial charge in [0.05, 0.1) is 5.92 Å². The third-order valence-electron chi connectivity index (χ3n) is 7.69. The van der Waals surface area contributed by atoms with Gasteiger partial charge in [-0.25, -0.2) is 8.78 Å². The van der Waals surface area contributed by atoms with Crippen LogP contribution in [0.5, 0.6) is 0 Å². The van der Waals surface area contributed by atoms with Crippen molar-refractivity contribution >= 4 is 11.8 Å². The number of fused-ring (bicyclic) bond motifs is 2. The summed E-state index contributed by atoms with van der Waals surface area (Å²) in [7, 11) is 0. The maximum absolute atomic E-state index is 13.2. The number of benzene rings is 1. The second-order valence-corrected chi connectivity index (χ2v) is 9.44. The van der Waals surface area contributed by atoms with Gasteiger partial charge in [0.25, 0.3) is 0 Å². The summed E-state index contributed by atoms with van der Waals surface area (Å²) in [4.78, 5) is 29.6. The Morgan fingerprint density at radius 1 is 0.862 bits per heavy atom. The highest BCUT2D eigenvalue weighted by Gasteiger charge is 2.52. The van der Waals surface area contributed by atoms with Gasteiger partial charge in [-0.05, 0) is 43.2 Å². The molecule has 29 heavy (non-hydrogen) atoms. The van der Waals surface area contributed by atoms with Gasteiger partial charge in [-0.15, -0.1) is 0 Å². The Balaban J connectivity index is 1.31. The molecular weight excluding hydrogens is 374 g/mol. The normalized spacial score (nSPS) is 27.7. The first-order valence-electron chi connectivity index (χ1n) is 10.9. The van der Waals surface area contributed by atoms with Crippen LogP contribution < -0.4 is 0 Å². The maximum Gasteiger partial charge on any atom is 0.249 e. The average molecular weight is 402 g/mol. The van der Waals surface area contributed by atoms with Crippen LogP contribution in [0.3, 0.4) is 0 Å². The van der Waals surface area contributed by atoms with Crippen molar-refractivity contribution in [3.05, 3.63) is 35.4 Å². The fraction of sp³-hybridized carbons (Fsp3) is 0.652. The fourth-order valence-electron chi connectivity index (χ4n) is 6.00. The molecule has 4 aliphatic rings. The van der Waals surface area contributed by atoms with Crippen LogP contribution in [0, 0.1) is 5.92 Å². The minimum atomic E-state index is -2.66. The van der Waals surface area contributed by atoms with Crippen LogP contribution >= 0.6 is 0 Å². The number of alkyl halides is 2. The number of carbonyl (C=O) groups excluding carboxylic acids is 2. The highest BCUT2D eigenvalue weighted by atomic mass is 19.3. The molecule has 1 atom stereocenters. The Kier molecular flexibility index (Phi) is 4.44. The number of nitrogens with zero attached hydrogens (tertiary/aromatic N) is 2. The second-order valence-electron chi connectivity index (χ2n) is 9.44. The predicted octanol–water partition coefficient (Wildman–Crippen LogP) is 3.70. The second kappa shape index (κ2) is 6.78. The standard InChI is InChI=1S/C23H28F2N2O2/c24-23(25)13-16(14-23)20(28)27-11-7-22(8-12-27)15-18(17-5-1-2-6-19(17)22)21(29)26-9-3-4-10-26/h1-2,5-6,16,18H,3-4,7-15H2. The minimum Gasteiger partial charge on any atom is -0.342 e. The molecule has 1 spiro atoms. The zero-order valence-electron chi connectivity index (χ0n) is 16.7. The monoisotopic (exact) mass is 402 g/mol. The van der Waals surface area contributed by atoms with Gasteiger partial charge in [-0.3, -0.25) is 9.59 Å². The summed E-state index contributed by atoms with van der Waals surface area (Å²) in [5.74, 6) is -3.12. The van der Waals surface area contributed by atoms with E-state index in [0.29, 0.717) is 13.1 Å². The number of amides is 2. The topological polar surface area (TPSA) is 40.6 Å². The van der Waals surface area contributed by atoms with Crippen molar-refractivity contribution in [2.75, 3.05) is 26.2 Å². The summed E-state index contributed by atoms with van der Waals surface area (Å²) in [6.45, 7) is 2.91. The summed E-state index contributed by atoms with van der Waals surface area (Å²) >= 11 is 0. The molecule has 1 saturated carbocycles. The van der Waals surface area contributed by atoms with E-state index >= 15 is 0 Å². The fourth-order valence-corrected chi connectivity index (χ4v) is 6.00. The maximum atomic E-state index is 13.2. The van der Waals surface area contributed by atoms with Crippen molar-refractivity contribution < 1.29 is 18.4 Å². The first-order valence-corrected chi connectivity index (χ1v) is 10.9. The highest BCUT2D eigenvalue weighted by Crippen LogP contribution is 2.53. The molecule has 1 unspecified atom stereocenters. The van der Waals surface area contributed by atoms with Gasteiger partial charge in [0.1, 0.15) is 0 Å². The molecule has 0 aromatic heterocycles.